The molecule has 0 fully saturated rings. The SMILES string of the molecule is CCCC(c1ccc(C)cc1)([N+](=O)[O-])[N+](=O)[O-]. The molecule has 6 nitrogen and oxygen atoms in total. The highest BCUT2D eigenvalue weighted by Crippen LogP contribution is 2.31. The van der Waals surface area contributed by atoms with E-state index in [1.807, 2.05) is 6.92 Å². The summed E-state index contributed by atoms with van der Waals surface area (Å²) in [5.74, 6) is 0. The molecular formula is C11H14N2O4. The van der Waals surface area contributed by atoms with Crippen molar-refractivity contribution in [3.63, 3.8) is 0 Å². The molecule has 0 spiro atoms. The van der Waals surface area contributed by atoms with E-state index in [0.29, 0.717) is 6.42 Å². The summed E-state index contributed by atoms with van der Waals surface area (Å²) in [6.45, 7) is 3.51. The summed E-state index contributed by atoms with van der Waals surface area (Å²) in [7, 11) is 0. The second kappa shape index (κ2) is 4.90. The van der Waals surface area contributed by atoms with Crippen molar-refractivity contribution in [2.45, 2.75) is 32.4 Å². The van der Waals surface area contributed by atoms with E-state index < -0.39 is 15.5 Å². The van der Waals surface area contributed by atoms with E-state index in [4.69, 9.17) is 0 Å². The van der Waals surface area contributed by atoms with Crippen molar-refractivity contribution in [3.8, 4) is 0 Å². The van der Waals surface area contributed by atoms with Crippen molar-refractivity contribution in [1.29, 1.82) is 0 Å². The lowest BCUT2D eigenvalue weighted by molar-refractivity contribution is -0.811. The minimum atomic E-state index is -2.22. The van der Waals surface area contributed by atoms with Gasteiger partial charge in [0.2, 0.25) is 0 Å². The van der Waals surface area contributed by atoms with Crippen LogP contribution in [-0.4, -0.2) is 9.85 Å². The van der Waals surface area contributed by atoms with Crippen molar-refractivity contribution >= 4 is 0 Å². The van der Waals surface area contributed by atoms with Gasteiger partial charge in [-0.3, -0.25) is 20.2 Å². The average molecular weight is 238 g/mol. The van der Waals surface area contributed by atoms with Crippen LogP contribution in [-0.2, 0) is 5.66 Å². The van der Waals surface area contributed by atoms with Crippen molar-refractivity contribution in [1.82, 2.24) is 0 Å². The van der Waals surface area contributed by atoms with Gasteiger partial charge in [0.15, 0.2) is 0 Å². The van der Waals surface area contributed by atoms with Crippen molar-refractivity contribution in [2.75, 3.05) is 0 Å². The lowest BCUT2D eigenvalue weighted by atomic mass is 9.95. The fourth-order valence-electron chi connectivity index (χ4n) is 1.77. The Balaban J connectivity index is 3.35. The van der Waals surface area contributed by atoms with E-state index in [1.54, 1.807) is 19.1 Å². The third-order valence-electron chi connectivity index (χ3n) is 2.72. The molecule has 1 aromatic carbocycles. The van der Waals surface area contributed by atoms with E-state index in [0.717, 1.165) is 5.56 Å². The highest BCUT2D eigenvalue weighted by atomic mass is 16.7. The summed E-state index contributed by atoms with van der Waals surface area (Å²) in [5.41, 5.74) is -1.19. The Morgan fingerprint density at radius 1 is 1.12 bits per heavy atom. The van der Waals surface area contributed by atoms with Gasteiger partial charge in [0.1, 0.15) is 15.4 Å². The Bertz CT molecular complexity index is 414. The molecule has 17 heavy (non-hydrogen) atoms. The van der Waals surface area contributed by atoms with Crippen LogP contribution in [0.1, 0.15) is 30.9 Å². The van der Waals surface area contributed by atoms with Crippen molar-refractivity contribution in [2.24, 2.45) is 0 Å². The van der Waals surface area contributed by atoms with Crippen LogP contribution in [0, 0.1) is 27.2 Å². The Labute approximate surface area is 98.6 Å². The molecule has 0 saturated heterocycles. The van der Waals surface area contributed by atoms with Gasteiger partial charge in [0.25, 0.3) is 0 Å². The lowest BCUT2D eigenvalue weighted by Crippen LogP contribution is -2.43. The minimum Gasteiger partial charge on any atom is -0.258 e. The molecule has 1 rings (SSSR count). The minimum absolute atomic E-state index is 0.115. The molecule has 0 aliphatic carbocycles. The second-order valence-corrected chi connectivity index (χ2v) is 3.95. The van der Waals surface area contributed by atoms with Gasteiger partial charge in [-0.25, -0.2) is 0 Å². The Morgan fingerprint density at radius 3 is 1.94 bits per heavy atom. The predicted molar refractivity (Wildman–Crippen MR) is 61.8 cm³/mol. The van der Waals surface area contributed by atoms with E-state index in [-0.39, 0.29) is 12.0 Å². The monoisotopic (exact) mass is 238 g/mol. The molecule has 0 heterocycles. The molecule has 6 heteroatoms. The highest BCUT2D eigenvalue weighted by Gasteiger charge is 2.56. The zero-order chi connectivity index (χ0) is 13.1. The standard InChI is InChI=1S/C11H14N2O4/c1-3-8-11(12(14)15,13(16)17)10-6-4-9(2)5-7-10/h4-7H,3,8H2,1-2H3. The fourth-order valence-corrected chi connectivity index (χ4v) is 1.77. The fraction of sp³-hybridized carbons (Fsp3) is 0.455. The second-order valence-electron chi connectivity index (χ2n) is 3.95. The number of nitro groups is 2. The van der Waals surface area contributed by atoms with Crippen LogP contribution in [0.2, 0.25) is 0 Å². The highest BCUT2D eigenvalue weighted by molar-refractivity contribution is 5.24. The van der Waals surface area contributed by atoms with Crippen LogP contribution < -0.4 is 0 Å². The van der Waals surface area contributed by atoms with Gasteiger partial charge in [-0.1, -0.05) is 24.6 Å². The number of hydrogen-bond donors (Lipinski definition) is 0. The molecule has 92 valence electrons. The largest absolute Gasteiger partial charge is 0.484 e. The van der Waals surface area contributed by atoms with Gasteiger partial charge in [-0.2, -0.15) is 0 Å². The van der Waals surface area contributed by atoms with Gasteiger partial charge in [0.05, 0.1) is 6.42 Å². The maximum Gasteiger partial charge on any atom is 0.484 e. The molecule has 0 saturated carbocycles. The maximum atomic E-state index is 11.1. The van der Waals surface area contributed by atoms with Gasteiger partial charge < -0.3 is 0 Å². The quantitative estimate of drug-likeness (QED) is 0.448. The van der Waals surface area contributed by atoms with Gasteiger partial charge in [-0.15, -0.1) is 0 Å². The Kier molecular flexibility index (Phi) is 3.77. The first kappa shape index (κ1) is 13.1. The summed E-state index contributed by atoms with van der Waals surface area (Å²) in [6, 6.07) is 6.20. The normalized spacial score (nSPS) is 11.2. The summed E-state index contributed by atoms with van der Waals surface area (Å²) in [6.07, 6.45) is 0.256. The van der Waals surface area contributed by atoms with Crippen LogP contribution >= 0.6 is 0 Å². The zero-order valence-electron chi connectivity index (χ0n) is 9.75. The van der Waals surface area contributed by atoms with Crippen molar-refractivity contribution < 1.29 is 9.85 Å². The number of aryl methyl sites for hydroxylation is 1. The molecule has 0 aliphatic rings. The number of benzene rings is 1. The maximum absolute atomic E-state index is 11.1. The van der Waals surface area contributed by atoms with Crippen LogP contribution in [0.4, 0.5) is 0 Å². The first-order valence-corrected chi connectivity index (χ1v) is 5.31. The third-order valence-corrected chi connectivity index (χ3v) is 2.72. The summed E-state index contributed by atoms with van der Waals surface area (Å²) in [4.78, 5) is 20.6. The summed E-state index contributed by atoms with van der Waals surface area (Å²) >= 11 is 0. The average Bonchev–Trinajstić information content (AvgIpc) is 2.26. The number of hydrogen-bond acceptors (Lipinski definition) is 4. The van der Waals surface area contributed by atoms with E-state index in [1.165, 1.54) is 12.1 Å². The smallest absolute Gasteiger partial charge is 0.258 e. The van der Waals surface area contributed by atoms with Gasteiger partial charge >= 0.3 is 5.66 Å². The van der Waals surface area contributed by atoms with E-state index in [2.05, 4.69) is 0 Å². The molecule has 0 aromatic heterocycles. The van der Waals surface area contributed by atoms with Crippen LogP contribution in [0.25, 0.3) is 0 Å². The first-order chi connectivity index (χ1) is 7.95. The molecule has 1 aromatic rings. The number of nitrogens with zero attached hydrogens (tertiary/aromatic N) is 2. The predicted octanol–water partition coefficient (Wildman–Crippen LogP) is 2.50. The van der Waals surface area contributed by atoms with Crippen LogP contribution in [0.3, 0.4) is 0 Å². The topological polar surface area (TPSA) is 86.3 Å². The molecule has 0 unspecified atom stereocenters. The Hall–Kier alpha value is -1.98. The van der Waals surface area contributed by atoms with Crippen molar-refractivity contribution in [3.05, 3.63) is 55.6 Å². The molecule has 0 radical (unpaired) electrons. The van der Waals surface area contributed by atoms with Gasteiger partial charge in [-0.05, 0) is 25.5 Å². The lowest BCUT2D eigenvalue weighted by Gasteiger charge is -2.16. The van der Waals surface area contributed by atoms with Crippen LogP contribution in [0.5, 0.6) is 0 Å². The zero-order valence-corrected chi connectivity index (χ0v) is 9.75. The van der Waals surface area contributed by atoms with Crippen LogP contribution in [0.15, 0.2) is 24.3 Å². The molecule has 0 bridgehead atoms. The first-order valence-electron chi connectivity index (χ1n) is 5.31. The molecule has 0 amide bonds. The summed E-state index contributed by atoms with van der Waals surface area (Å²) in [5, 5.41) is 22.2. The molecule has 0 N–H and O–H groups in total. The molecule has 0 aliphatic heterocycles. The van der Waals surface area contributed by atoms with E-state index in [9.17, 15) is 20.2 Å². The molecular weight excluding hydrogens is 224 g/mol. The number of rotatable bonds is 5. The third kappa shape index (κ3) is 2.25. The van der Waals surface area contributed by atoms with E-state index >= 15 is 0 Å². The Morgan fingerprint density at radius 2 is 1.59 bits per heavy atom. The van der Waals surface area contributed by atoms with Gasteiger partial charge in [0, 0.05) is 0 Å². The molecule has 0 atom stereocenters. The summed E-state index contributed by atoms with van der Waals surface area (Å²) < 4.78 is 0.